The Bertz CT molecular complexity index is 253. The van der Waals surface area contributed by atoms with Gasteiger partial charge in [-0.05, 0) is 23.8 Å². The Labute approximate surface area is 57.8 Å². The van der Waals surface area contributed by atoms with E-state index in [1.54, 1.807) is 0 Å². The summed E-state index contributed by atoms with van der Waals surface area (Å²) >= 11 is 0. The van der Waals surface area contributed by atoms with E-state index < -0.39 is 11.6 Å². The fourth-order valence-corrected chi connectivity index (χ4v) is 0.606. The zero-order valence-electron chi connectivity index (χ0n) is 5.20. The SMILES string of the molecule is C=[C]c1ccc(F)c(F)c1. The molecule has 0 aliphatic carbocycles. The largest absolute Gasteiger partial charge is 0.204 e. The van der Waals surface area contributed by atoms with Crippen LogP contribution in [-0.4, -0.2) is 0 Å². The first kappa shape index (κ1) is 6.93. The van der Waals surface area contributed by atoms with Crippen molar-refractivity contribution in [3.63, 3.8) is 0 Å². The molecular weight excluding hydrogens is 134 g/mol. The molecule has 1 aromatic carbocycles. The highest BCUT2D eigenvalue weighted by atomic mass is 19.2. The van der Waals surface area contributed by atoms with Gasteiger partial charge in [0, 0.05) is 0 Å². The van der Waals surface area contributed by atoms with Crippen LogP contribution >= 0.6 is 0 Å². The molecular formula is C8H5F2. The van der Waals surface area contributed by atoms with E-state index in [0.717, 1.165) is 12.1 Å². The van der Waals surface area contributed by atoms with Crippen LogP contribution < -0.4 is 0 Å². The molecule has 0 saturated heterocycles. The summed E-state index contributed by atoms with van der Waals surface area (Å²) in [7, 11) is 0. The van der Waals surface area contributed by atoms with Crippen LogP contribution in [0.3, 0.4) is 0 Å². The third-order valence-electron chi connectivity index (χ3n) is 1.12. The monoisotopic (exact) mass is 139 g/mol. The number of halogens is 2. The van der Waals surface area contributed by atoms with Crippen molar-refractivity contribution in [1.29, 1.82) is 0 Å². The van der Waals surface area contributed by atoms with Gasteiger partial charge in [0.15, 0.2) is 11.6 Å². The molecule has 0 spiro atoms. The van der Waals surface area contributed by atoms with Crippen molar-refractivity contribution in [2.45, 2.75) is 0 Å². The normalized spacial score (nSPS) is 9.40. The number of rotatable bonds is 1. The second kappa shape index (κ2) is 2.60. The van der Waals surface area contributed by atoms with Crippen LogP contribution in [0, 0.1) is 17.7 Å². The summed E-state index contributed by atoms with van der Waals surface area (Å²) in [6.45, 7) is 3.29. The summed E-state index contributed by atoms with van der Waals surface area (Å²) in [5, 5.41) is 0. The first-order valence-corrected chi connectivity index (χ1v) is 2.72. The van der Waals surface area contributed by atoms with Crippen molar-refractivity contribution in [2.24, 2.45) is 0 Å². The van der Waals surface area contributed by atoms with Crippen LogP contribution in [0.1, 0.15) is 5.56 Å². The van der Waals surface area contributed by atoms with Crippen molar-refractivity contribution >= 4 is 0 Å². The zero-order chi connectivity index (χ0) is 7.56. The molecule has 0 aliphatic rings. The molecule has 0 N–H and O–H groups in total. The Kier molecular flexibility index (Phi) is 1.81. The molecule has 51 valence electrons. The quantitative estimate of drug-likeness (QED) is 0.560. The fraction of sp³-hybridized carbons (Fsp3) is 0. The molecule has 0 heterocycles. The predicted octanol–water partition coefficient (Wildman–Crippen LogP) is 2.30. The van der Waals surface area contributed by atoms with Gasteiger partial charge in [-0.3, -0.25) is 0 Å². The summed E-state index contributed by atoms with van der Waals surface area (Å²) in [5.41, 5.74) is 0.457. The lowest BCUT2D eigenvalue weighted by Gasteiger charge is -1.92. The van der Waals surface area contributed by atoms with Crippen LogP contribution in [0.2, 0.25) is 0 Å². The van der Waals surface area contributed by atoms with E-state index in [0.29, 0.717) is 5.56 Å². The number of hydrogen-bond donors (Lipinski definition) is 0. The predicted molar refractivity (Wildman–Crippen MR) is 34.3 cm³/mol. The van der Waals surface area contributed by atoms with Gasteiger partial charge in [-0.1, -0.05) is 12.6 Å². The molecule has 0 amide bonds. The highest BCUT2D eigenvalue weighted by Gasteiger charge is 1.98. The molecule has 1 aromatic rings. The van der Waals surface area contributed by atoms with Gasteiger partial charge in [0.2, 0.25) is 0 Å². The summed E-state index contributed by atoms with van der Waals surface area (Å²) in [4.78, 5) is 0. The topological polar surface area (TPSA) is 0 Å². The van der Waals surface area contributed by atoms with E-state index in [-0.39, 0.29) is 0 Å². The van der Waals surface area contributed by atoms with E-state index in [1.807, 2.05) is 0 Å². The van der Waals surface area contributed by atoms with E-state index >= 15 is 0 Å². The minimum Gasteiger partial charge on any atom is -0.204 e. The van der Waals surface area contributed by atoms with Gasteiger partial charge < -0.3 is 0 Å². The molecule has 0 bridgehead atoms. The van der Waals surface area contributed by atoms with Gasteiger partial charge >= 0.3 is 0 Å². The van der Waals surface area contributed by atoms with Crippen molar-refractivity contribution in [1.82, 2.24) is 0 Å². The van der Waals surface area contributed by atoms with Crippen LogP contribution in [0.15, 0.2) is 24.8 Å². The molecule has 0 nitrogen and oxygen atoms in total. The molecule has 1 radical (unpaired) electrons. The Morgan fingerprint density at radius 3 is 2.40 bits per heavy atom. The smallest absolute Gasteiger partial charge is 0.159 e. The van der Waals surface area contributed by atoms with Gasteiger partial charge in [-0.2, -0.15) is 0 Å². The highest BCUT2D eigenvalue weighted by Crippen LogP contribution is 2.07. The summed E-state index contributed by atoms with van der Waals surface area (Å²) in [6.07, 6.45) is 2.44. The molecule has 0 aliphatic heterocycles. The van der Waals surface area contributed by atoms with Crippen molar-refractivity contribution in [2.75, 3.05) is 0 Å². The Hall–Kier alpha value is -1.18. The number of benzene rings is 1. The van der Waals surface area contributed by atoms with Crippen LogP contribution in [-0.2, 0) is 0 Å². The van der Waals surface area contributed by atoms with E-state index in [4.69, 9.17) is 0 Å². The van der Waals surface area contributed by atoms with E-state index in [9.17, 15) is 8.78 Å². The maximum Gasteiger partial charge on any atom is 0.159 e. The molecule has 0 saturated carbocycles. The zero-order valence-corrected chi connectivity index (χ0v) is 5.20. The number of hydrogen-bond acceptors (Lipinski definition) is 0. The average molecular weight is 139 g/mol. The molecule has 10 heavy (non-hydrogen) atoms. The second-order valence-electron chi connectivity index (χ2n) is 1.81. The van der Waals surface area contributed by atoms with Gasteiger partial charge in [-0.15, -0.1) is 0 Å². The first-order valence-electron chi connectivity index (χ1n) is 2.72. The molecule has 0 unspecified atom stereocenters. The van der Waals surface area contributed by atoms with Crippen LogP contribution in [0.25, 0.3) is 0 Å². The van der Waals surface area contributed by atoms with E-state index in [1.165, 1.54) is 6.07 Å². The molecule has 0 fully saturated rings. The maximum atomic E-state index is 12.3. The van der Waals surface area contributed by atoms with Crippen LogP contribution in [0.4, 0.5) is 8.78 Å². The summed E-state index contributed by atoms with van der Waals surface area (Å²) in [6, 6.07) is 3.50. The minimum absolute atomic E-state index is 0.457. The molecule has 2 heteroatoms. The van der Waals surface area contributed by atoms with Gasteiger partial charge in [0.25, 0.3) is 0 Å². The van der Waals surface area contributed by atoms with Gasteiger partial charge in [-0.25, -0.2) is 8.78 Å². The minimum atomic E-state index is -0.867. The fourth-order valence-electron chi connectivity index (χ4n) is 0.606. The lowest BCUT2D eigenvalue weighted by atomic mass is 10.2. The van der Waals surface area contributed by atoms with Gasteiger partial charge in [0.05, 0.1) is 0 Å². The lowest BCUT2D eigenvalue weighted by Crippen LogP contribution is -1.83. The van der Waals surface area contributed by atoms with Crippen molar-refractivity contribution < 1.29 is 8.78 Å². The van der Waals surface area contributed by atoms with E-state index in [2.05, 4.69) is 12.7 Å². The Morgan fingerprint density at radius 2 is 1.90 bits per heavy atom. The van der Waals surface area contributed by atoms with Crippen molar-refractivity contribution in [3.8, 4) is 0 Å². The van der Waals surface area contributed by atoms with Crippen LogP contribution in [0.5, 0.6) is 0 Å². The third kappa shape index (κ3) is 1.21. The third-order valence-corrected chi connectivity index (χ3v) is 1.12. The standard InChI is InChI=1S/C8H5F2/c1-2-6-3-4-7(9)8(10)5-6/h3-5H,1H2. The molecule has 0 aromatic heterocycles. The van der Waals surface area contributed by atoms with Gasteiger partial charge in [0.1, 0.15) is 0 Å². The average Bonchev–Trinajstić information content (AvgIpc) is 1.95. The van der Waals surface area contributed by atoms with Crippen molar-refractivity contribution in [3.05, 3.63) is 48.1 Å². The highest BCUT2D eigenvalue weighted by molar-refractivity contribution is 5.22. The second-order valence-corrected chi connectivity index (χ2v) is 1.81. The summed E-state index contributed by atoms with van der Waals surface area (Å²) in [5.74, 6) is -1.72. The Balaban J connectivity index is 3.16. The molecule has 1 rings (SSSR count). The first-order chi connectivity index (χ1) is 4.74. The maximum absolute atomic E-state index is 12.3. The molecule has 0 atom stereocenters. The Morgan fingerprint density at radius 1 is 1.20 bits per heavy atom. The summed E-state index contributed by atoms with van der Waals surface area (Å²) < 4.78 is 24.5. The lowest BCUT2D eigenvalue weighted by molar-refractivity contribution is 0.508.